The molecule has 2 rings (SSSR count). The molecule has 1 aromatic heterocycles. The van der Waals surface area contributed by atoms with Crippen molar-refractivity contribution in [1.29, 1.82) is 0 Å². The highest BCUT2D eigenvalue weighted by molar-refractivity contribution is 5.17. The van der Waals surface area contributed by atoms with Gasteiger partial charge in [-0.3, -0.25) is 0 Å². The molecule has 2 N–H and O–H groups in total. The molecule has 1 aliphatic rings. The number of halogens is 2. The topological polar surface area (TPSA) is 56.7 Å². The highest BCUT2D eigenvalue weighted by Crippen LogP contribution is 2.35. The van der Waals surface area contributed by atoms with Gasteiger partial charge in [0.25, 0.3) is 6.43 Å². The lowest BCUT2D eigenvalue weighted by molar-refractivity contribution is 0.119. The molecular weight excluding hydrogens is 226 g/mol. The molecule has 17 heavy (non-hydrogen) atoms. The van der Waals surface area contributed by atoms with Crippen LogP contribution in [-0.4, -0.2) is 28.0 Å². The maximum Gasteiger partial charge on any atom is 0.257 e. The molecule has 1 saturated carbocycles. The molecule has 1 aliphatic carbocycles. The fourth-order valence-corrected chi connectivity index (χ4v) is 2.58. The zero-order valence-corrected chi connectivity index (χ0v) is 9.78. The number of aromatic nitrogens is 3. The van der Waals surface area contributed by atoms with Gasteiger partial charge in [0.05, 0.1) is 11.4 Å². The van der Waals surface area contributed by atoms with E-state index in [2.05, 4.69) is 10.3 Å². The molecule has 0 aliphatic heterocycles. The molecule has 0 spiro atoms. The van der Waals surface area contributed by atoms with Crippen molar-refractivity contribution in [2.45, 2.75) is 51.0 Å². The molecule has 6 heteroatoms. The fourth-order valence-electron chi connectivity index (χ4n) is 2.58. The lowest BCUT2D eigenvalue weighted by Crippen LogP contribution is -2.15. The van der Waals surface area contributed by atoms with Gasteiger partial charge >= 0.3 is 0 Å². The Morgan fingerprint density at radius 3 is 2.65 bits per heavy atom. The second-order valence-corrected chi connectivity index (χ2v) is 4.51. The first kappa shape index (κ1) is 12.4. The molecule has 0 unspecified atom stereocenters. The van der Waals surface area contributed by atoms with E-state index >= 15 is 0 Å². The molecule has 96 valence electrons. The lowest BCUT2D eigenvalue weighted by Gasteiger charge is -2.13. The van der Waals surface area contributed by atoms with Crippen LogP contribution in [0, 0.1) is 0 Å². The minimum absolute atomic E-state index is 0.338. The first-order valence-electron chi connectivity index (χ1n) is 6.13. The third-order valence-electron chi connectivity index (χ3n) is 3.28. The number of alkyl halides is 2. The van der Waals surface area contributed by atoms with E-state index in [1.807, 2.05) is 0 Å². The predicted octanol–water partition coefficient (Wildman–Crippen LogP) is 1.70. The van der Waals surface area contributed by atoms with Crippen LogP contribution in [0.25, 0.3) is 0 Å². The van der Waals surface area contributed by atoms with Crippen LogP contribution < -0.4 is 5.73 Å². The van der Waals surface area contributed by atoms with Gasteiger partial charge in [0.1, 0.15) is 6.54 Å². The minimum Gasteiger partial charge on any atom is -0.330 e. The summed E-state index contributed by atoms with van der Waals surface area (Å²) < 4.78 is 26.3. The molecule has 0 saturated heterocycles. The van der Waals surface area contributed by atoms with Crippen LogP contribution in [0.4, 0.5) is 8.78 Å². The Labute approximate surface area is 99.2 Å². The summed E-state index contributed by atoms with van der Waals surface area (Å²) in [7, 11) is 0. The van der Waals surface area contributed by atoms with Crippen LogP contribution in [0.3, 0.4) is 0 Å². The SMILES string of the molecule is NCCc1nnn(CC(F)F)c1C1CCCC1. The Morgan fingerprint density at radius 2 is 2.06 bits per heavy atom. The smallest absolute Gasteiger partial charge is 0.257 e. The summed E-state index contributed by atoms with van der Waals surface area (Å²) in [4.78, 5) is 0. The van der Waals surface area contributed by atoms with Gasteiger partial charge in [-0.25, -0.2) is 13.5 Å². The number of hydrogen-bond acceptors (Lipinski definition) is 3. The summed E-state index contributed by atoms with van der Waals surface area (Å²) in [6.45, 7) is 0.122. The number of hydrogen-bond donors (Lipinski definition) is 1. The van der Waals surface area contributed by atoms with Gasteiger partial charge in [0, 0.05) is 12.3 Å². The molecule has 0 amide bonds. The van der Waals surface area contributed by atoms with E-state index in [9.17, 15) is 8.78 Å². The van der Waals surface area contributed by atoms with Crippen molar-refractivity contribution in [3.05, 3.63) is 11.4 Å². The van der Waals surface area contributed by atoms with Gasteiger partial charge in [0.15, 0.2) is 0 Å². The van der Waals surface area contributed by atoms with Crippen LogP contribution in [-0.2, 0) is 13.0 Å². The second kappa shape index (κ2) is 5.53. The Kier molecular flexibility index (Phi) is 4.04. The van der Waals surface area contributed by atoms with Gasteiger partial charge in [-0.1, -0.05) is 18.1 Å². The van der Waals surface area contributed by atoms with Gasteiger partial charge in [-0.15, -0.1) is 5.10 Å². The number of rotatable bonds is 5. The maximum atomic E-state index is 12.5. The summed E-state index contributed by atoms with van der Waals surface area (Å²) in [6, 6.07) is 0. The number of nitrogens with two attached hydrogens (primary N) is 1. The first-order chi connectivity index (χ1) is 8.22. The zero-order valence-electron chi connectivity index (χ0n) is 9.78. The average Bonchev–Trinajstić information content (AvgIpc) is 2.87. The molecule has 0 radical (unpaired) electrons. The molecule has 4 nitrogen and oxygen atoms in total. The Hall–Kier alpha value is -1.04. The van der Waals surface area contributed by atoms with Gasteiger partial charge in [0.2, 0.25) is 0 Å². The highest BCUT2D eigenvalue weighted by Gasteiger charge is 2.26. The second-order valence-electron chi connectivity index (χ2n) is 4.51. The fraction of sp³-hybridized carbons (Fsp3) is 0.818. The normalized spacial score (nSPS) is 17.2. The van der Waals surface area contributed by atoms with Crippen molar-refractivity contribution in [3.8, 4) is 0 Å². The third kappa shape index (κ3) is 2.80. The maximum absolute atomic E-state index is 12.5. The summed E-state index contributed by atoms with van der Waals surface area (Å²) in [6.07, 6.45) is 2.65. The van der Waals surface area contributed by atoms with E-state index in [0.717, 1.165) is 37.1 Å². The van der Waals surface area contributed by atoms with Crippen molar-refractivity contribution in [1.82, 2.24) is 15.0 Å². The molecule has 1 fully saturated rings. The van der Waals surface area contributed by atoms with E-state index in [1.165, 1.54) is 4.68 Å². The van der Waals surface area contributed by atoms with E-state index < -0.39 is 6.43 Å². The van der Waals surface area contributed by atoms with Crippen molar-refractivity contribution in [3.63, 3.8) is 0 Å². The lowest BCUT2D eigenvalue weighted by atomic mass is 10.0. The van der Waals surface area contributed by atoms with Crippen molar-refractivity contribution in [2.24, 2.45) is 5.73 Å². The van der Waals surface area contributed by atoms with Gasteiger partial charge in [-0.2, -0.15) is 0 Å². The van der Waals surface area contributed by atoms with Crippen molar-refractivity contribution >= 4 is 0 Å². The molecule has 0 aromatic carbocycles. The van der Waals surface area contributed by atoms with E-state index in [-0.39, 0.29) is 6.54 Å². The highest BCUT2D eigenvalue weighted by atomic mass is 19.3. The summed E-state index contributed by atoms with van der Waals surface area (Å²) in [5.41, 5.74) is 7.22. The predicted molar refractivity (Wildman–Crippen MR) is 60.0 cm³/mol. The largest absolute Gasteiger partial charge is 0.330 e. The van der Waals surface area contributed by atoms with Crippen molar-refractivity contribution < 1.29 is 8.78 Å². The zero-order chi connectivity index (χ0) is 12.3. The van der Waals surface area contributed by atoms with E-state index in [1.54, 1.807) is 0 Å². The Bertz CT molecular complexity index is 358. The summed E-state index contributed by atoms with van der Waals surface area (Å²) in [5, 5.41) is 7.85. The van der Waals surface area contributed by atoms with Crippen LogP contribution >= 0.6 is 0 Å². The van der Waals surface area contributed by atoms with Crippen LogP contribution in [0.15, 0.2) is 0 Å². The Balaban J connectivity index is 2.25. The van der Waals surface area contributed by atoms with E-state index in [4.69, 9.17) is 5.73 Å². The molecule has 1 aromatic rings. The van der Waals surface area contributed by atoms with Gasteiger partial charge < -0.3 is 5.73 Å². The third-order valence-corrected chi connectivity index (χ3v) is 3.28. The quantitative estimate of drug-likeness (QED) is 0.857. The number of nitrogens with zero attached hydrogens (tertiary/aromatic N) is 3. The van der Waals surface area contributed by atoms with Crippen LogP contribution in [0.1, 0.15) is 43.0 Å². The first-order valence-corrected chi connectivity index (χ1v) is 6.13. The van der Waals surface area contributed by atoms with Gasteiger partial charge in [-0.05, 0) is 19.4 Å². The standard InChI is InChI=1S/C11H18F2N4/c12-10(13)7-17-11(8-3-1-2-4-8)9(5-6-14)15-16-17/h8,10H,1-7,14H2. The molecule has 0 bridgehead atoms. The van der Waals surface area contributed by atoms with E-state index in [0.29, 0.717) is 18.9 Å². The molecular formula is C11H18F2N4. The Morgan fingerprint density at radius 1 is 1.35 bits per heavy atom. The summed E-state index contributed by atoms with van der Waals surface area (Å²) >= 11 is 0. The minimum atomic E-state index is -2.39. The van der Waals surface area contributed by atoms with Crippen LogP contribution in [0.2, 0.25) is 0 Å². The molecule has 0 atom stereocenters. The summed E-state index contributed by atoms with van der Waals surface area (Å²) in [5.74, 6) is 0.338. The monoisotopic (exact) mass is 244 g/mol. The molecule has 1 heterocycles. The average molecular weight is 244 g/mol. The van der Waals surface area contributed by atoms with Crippen molar-refractivity contribution in [2.75, 3.05) is 6.54 Å². The van der Waals surface area contributed by atoms with Crippen LogP contribution in [0.5, 0.6) is 0 Å².